The van der Waals surface area contributed by atoms with Crippen LogP contribution in [0.4, 0.5) is 0 Å². The lowest BCUT2D eigenvalue weighted by Gasteiger charge is -2.14. The van der Waals surface area contributed by atoms with Crippen LogP contribution in [-0.2, 0) is 26.1 Å². The number of aliphatic carboxylic acids is 1. The van der Waals surface area contributed by atoms with Crippen LogP contribution in [0.5, 0.6) is 17.2 Å². The minimum absolute atomic E-state index is 0.0704. The van der Waals surface area contributed by atoms with Crippen molar-refractivity contribution in [2.75, 3.05) is 32.7 Å². The van der Waals surface area contributed by atoms with Crippen LogP contribution in [0.15, 0.2) is 42.0 Å². The molecule has 0 unspecified atom stereocenters. The number of hydrogen-bond acceptors (Lipinski definition) is 7. The number of carbonyl (C=O) groups is 1. The third-order valence-corrected chi connectivity index (χ3v) is 5.72. The van der Waals surface area contributed by atoms with Crippen LogP contribution in [0.1, 0.15) is 44.2 Å². The molecule has 0 saturated carbocycles. The summed E-state index contributed by atoms with van der Waals surface area (Å²) in [6.45, 7) is 5.61. The van der Waals surface area contributed by atoms with Gasteiger partial charge in [0, 0.05) is 25.0 Å². The standard InChI is InChI=1S/C26H33ClO8S/c1-4-6-13-33-25-18-20(16-21(26(28)29)12-14-32-5-2)8-10-24(25)34-15-11-19-7-9-23(22(27)17-19)35-36(3,30)31/h7-10,16-18H,4-6,11-15H2,1-3H3,(H,28,29). The Hall–Kier alpha value is -2.75. The van der Waals surface area contributed by atoms with Gasteiger partial charge in [0.15, 0.2) is 17.2 Å². The molecule has 0 bridgehead atoms. The van der Waals surface area contributed by atoms with Gasteiger partial charge in [-0.15, -0.1) is 0 Å². The predicted octanol–water partition coefficient (Wildman–Crippen LogP) is 5.37. The van der Waals surface area contributed by atoms with Gasteiger partial charge in [0.1, 0.15) is 0 Å². The molecule has 0 heterocycles. The van der Waals surface area contributed by atoms with Crippen LogP contribution in [0.25, 0.3) is 6.08 Å². The first-order valence-electron chi connectivity index (χ1n) is 11.7. The van der Waals surface area contributed by atoms with Crippen LogP contribution in [-0.4, -0.2) is 52.2 Å². The Bertz CT molecular complexity index is 1140. The molecule has 0 atom stereocenters. The fourth-order valence-corrected chi connectivity index (χ4v) is 3.91. The van der Waals surface area contributed by atoms with Gasteiger partial charge in [-0.1, -0.05) is 37.1 Å². The lowest BCUT2D eigenvalue weighted by Crippen LogP contribution is -2.07. The molecule has 2 rings (SSSR count). The van der Waals surface area contributed by atoms with Gasteiger partial charge in [0.25, 0.3) is 0 Å². The summed E-state index contributed by atoms with van der Waals surface area (Å²) in [6.07, 6.45) is 5.21. The number of carboxylic acids is 1. The molecule has 36 heavy (non-hydrogen) atoms. The summed E-state index contributed by atoms with van der Waals surface area (Å²) in [5.41, 5.74) is 1.78. The van der Waals surface area contributed by atoms with Crippen LogP contribution < -0.4 is 13.7 Å². The molecule has 0 amide bonds. The van der Waals surface area contributed by atoms with Crippen LogP contribution in [0, 0.1) is 0 Å². The monoisotopic (exact) mass is 540 g/mol. The van der Waals surface area contributed by atoms with Crippen molar-refractivity contribution in [3.05, 3.63) is 58.1 Å². The van der Waals surface area contributed by atoms with E-state index in [2.05, 4.69) is 6.92 Å². The van der Waals surface area contributed by atoms with Gasteiger partial charge in [0.05, 0.1) is 31.1 Å². The van der Waals surface area contributed by atoms with Gasteiger partial charge >= 0.3 is 16.1 Å². The lowest BCUT2D eigenvalue weighted by atomic mass is 10.1. The van der Waals surface area contributed by atoms with Gasteiger partial charge in [0.2, 0.25) is 0 Å². The highest BCUT2D eigenvalue weighted by molar-refractivity contribution is 7.86. The zero-order valence-corrected chi connectivity index (χ0v) is 22.4. The van der Waals surface area contributed by atoms with E-state index in [0.717, 1.165) is 24.7 Å². The third-order valence-electron chi connectivity index (χ3n) is 4.94. The summed E-state index contributed by atoms with van der Waals surface area (Å²) in [5, 5.41) is 9.71. The molecule has 0 fully saturated rings. The van der Waals surface area contributed by atoms with Crippen molar-refractivity contribution < 1.29 is 36.7 Å². The molecule has 10 heteroatoms. The highest BCUT2D eigenvalue weighted by atomic mass is 35.5. The number of ether oxygens (including phenoxy) is 3. The molecule has 0 aromatic heterocycles. The Balaban J connectivity index is 2.13. The summed E-state index contributed by atoms with van der Waals surface area (Å²) < 4.78 is 44.6. The Labute approximate surface area is 217 Å². The molecular formula is C26H33ClO8S. The zero-order chi connectivity index (χ0) is 26.6. The molecular weight excluding hydrogens is 508 g/mol. The highest BCUT2D eigenvalue weighted by Crippen LogP contribution is 2.31. The summed E-state index contributed by atoms with van der Waals surface area (Å²) >= 11 is 6.14. The summed E-state index contributed by atoms with van der Waals surface area (Å²) in [6, 6.07) is 10.2. The van der Waals surface area contributed by atoms with Gasteiger partial charge in [-0.05, 0) is 54.8 Å². The van der Waals surface area contributed by atoms with Gasteiger partial charge < -0.3 is 23.5 Å². The molecule has 0 aliphatic heterocycles. The van der Waals surface area contributed by atoms with E-state index < -0.39 is 16.1 Å². The number of hydrogen-bond donors (Lipinski definition) is 1. The normalized spacial score (nSPS) is 11.8. The van der Waals surface area contributed by atoms with Crippen molar-refractivity contribution in [3.8, 4) is 17.2 Å². The molecule has 0 saturated heterocycles. The van der Waals surface area contributed by atoms with Gasteiger partial charge in [-0.25, -0.2) is 4.79 Å². The smallest absolute Gasteiger partial charge is 0.331 e. The number of benzene rings is 2. The number of carboxylic acid groups (broad SMARTS) is 1. The van der Waals surface area contributed by atoms with Crippen LogP contribution >= 0.6 is 11.6 Å². The molecule has 1 N–H and O–H groups in total. The van der Waals surface area contributed by atoms with E-state index >= 15 is 0 Å². The van der Waals surface area contributed by atoms with Crippen molar-refractivity contribution in [1.29, 1.82) is 0 Å². The molecule has 2 aromatic rings. The first-order valence-corrected chi connectivity index (χ1v) is 13.9. The van der Waals surface area contributed by atoms with Gasteiger partial charge in [-0.2, -0.15) is 8.42 Å². The van der Waals surface area contributed by atoms with E-state index in [4.69, 9.17) is 30.0 Å². The molecule has 0 radical (unpaired) electrons. The van der Waals surface area contributed by atoms with Crippen LogP contribution in [0.3, 0.4) is 0 Å². The highest BCUT2D eigenvalue weighted by Gasteiger charge is 2.12. The second-order valence-electron chi connectivity index (χ2n) is 7.98. The average molecular weight is 541 g/mol. The summed E-state index contributed by atoms with van der Waals surface area (Å²) in [5.74, 6) is 0.149. The maximum absolute atomic E-state index is 11.6. The molecule has 198 valence electrons. The van der Waals surface area contributed by atoms with Crippen molar-refractivity contribution in [2.45, 2.75) is 39.5 Å². The lowest BCUT2D eigenvalue weighted by molar-refractivity contribution is -0.132. The third kappa shape index (κ3) is 10.5. The molecule has 0 aliphatic rings. The topological polar surface area (TPSA) is 108 Å². The van der Waals surface area contributed by atoms with Gasteiger partial charge in [-0.3, -0.25) is 0 Å². The Morgan fingerprint density at radius 2 is 1.72 bits per heavy atom. The van der Waals surface area contributed by atoms with E-state index in [0.29, 0.717) is 56.3 Å². The van der Waals surface area contributed by atoms with E-state index in [9.17, 15) is 18.3 Å². The quantitative estimate of drug-likeness (QED) is 0.172. The Morgan fingerprint density at radius 1 is 1.00 bits per heavy atom. The van der Waals surface area contributed by atoms with Crippen molar-refractivity contribution in [2.24, 2.45) is 0 Å². The zero-order valence-electron chi connectivity index (χ0n) is 20.8. The maximum atomic E-state index is 11.6. The first kappa shape index (κ1) is 29.5. The maximum Gasteiger partial charge on any atom is 0.331 e. The Kier molecular flexibility index (Phi) is 12.1. The second kappa shape index (κ2) is 14.7. The van der Waals surface area contributed by atoms with Crippen molar-refractivity contribution >= 4 is 33.8 Å². The Morgan fingerprint density at radius 3 is 2.36 bits per heavy atom. The molecule has 0 aliphatic carbocycles. The van der Waals surface area contributed by atoms with E-state index in [1.807, 2.05) is 6.92 Å². The molecule has 2 aromatic carbocycles. The summed E-state index contributed by atoms with van der Waals surface area (Å²) in [7, 11) is -3.67. The van der Waals surface area contributed by atoms with E-state index in [1.54, 1.807) is 36.4 Å². The number of halogens is 1. The predicted molar refractivity (Wildman–Crippen MR) is 140 cm³/mol. The SMILES string of the molecule is CCCCOc1cc(C=C(CCOCC)C(=O)O)ccc1OCCc1ccc(OS(C)(=O)=O)c(Cl)c1. The fourth-order valence-electron chi connectivity index (χ4n) is 3.15. The number of rotatable bonds is 16. The minimum Gasteiger partial charge on any atom is -0.490 e. The summed E-state index contributed by atoms with van der Waals surface area (Å²) in [4.78, 5) is 11.6. The molecule has 0 spiro atoms. The molecule has 8 nitrogen and oxygen atoms in total. The van der Waals surface area contributed by atoms with Crippen LogP contribution in [0.2, 0.25) is 5.02 Å². The van der Waals surface area contributed by atoms with E-state index in [1.165, 1.54) is 6.07 Å². The second-order valence-corrected chi connectivity index (χ2v) is 9.96. The minimum atomic E-state index is -3.67. The average Bonchev–Trinajstić information content (AvgIpc) is 2.80. The van der Waals surface area contributed by atoms with Crippen molar-refractivity contribution in [1.82, 2.24) is 0 Å². The largest absolute Gasteiger partial charge is 0.490 e. The van der Waals surface area contributed by atoms with E-state index in [-0.39, 0.29) is 16.3 Å². The number of unbranched alkanes of at least 4 members (excludes halogenated alkanes) is 1. The fraction of sp³-hybridized carbons (Fsp3) is 0.423. The van der Waals surface area contributed by atoms with Crippen molar-refractivity contribution in [3.63, 3.8) is 0 Å². The first-order chi connectivity index (χ1) is 17.1.